The van der Waals surface area contributed by atoms with Crippen LogP contribution in [0.25, 0.3) is 11.4 Å². The number of fused-ring (bicyclic) bond motifs is 1. The Balaban J connectivity index is 0.00000156. The van der Waals surface area contributed by atoms with Gasteiger partial charge in [0.05, 0.1) is 6.04 Å². The molecule has 1 aliphatic carbocycles. The Morgan fingerprint density at radius 1 is 1.13 bits per heavy atom. The summed E-state index contributed by atoms with van der Waals surface area (Å²) in [5.41, 5.74) is 0.421. The van der Waals surface area contributed by atoms with Gasteiger partial charge in [0.1, 0.15) is 0 Å². The summed E-state index contributed by atoms with van der Waals surface area (Å²) in [5.74, 6) is -0.278. The molecule has 1 saturated heterocycles. The molecule has 0 bridgehead atoms. The number of hydrogen-bond acceptors (Lipinski definition) is 4. The van der Waals surface area contributed by atoms with Crippen molar-refractivity contribution < 1.29 is 13.3 Å². The Labute approximate surface area is 139 Å². The van der Waals surface area contributed by atoms with Crippen LogP contribution in [0.1, 0.15) is 44.0 Å². The molecule has 2 heterocycles. The van der Waals surface area contributed by atoms with Crippen LogP contribution in [-0.4, -0.2) is 16.2 Å². The second-order valence-electron chi connectivity index (χ2n) is 6.19. The van der Waals surface area contributed by atoms with Gasteiger partial charge in [-0.15, -0.1) is 12.4 Å². The molecule has 1 aliphatic heterocycles. The minimum Gasteiger partial charge on any atom is -0.337 e. The Kier molecular flexibility index (Phi) is 4.64. The van der Waals surface area contributed by atoms with Crippen molar-refractivity contribution in [3.05, 3.63) is 35.7 Å². The van der Waals surface area contributed by atoms with Gasteiger partial charge in [-0.05, 0) is 43.4 Å². The molecular formula is C16H18ClF2N3O. The fraction of sp³-hybridized carbons (Fsp3) is 0.500. The third-order valence-electron chi connectivity index (χ3n) is 4.78. The average molecular weight is 342 g/mol. The first kappa shape index (κ1) is 16.3. The standard InChI is InChI=1S/C16H17F2N3O.ClH/c17-11-6-5-10(7-12(11)18)15-20-16(22-21-15)14-8-9-3-1-2-4-13(9)19-14;/h5-7,9,13-14,19H,1-4,8H2;1H. The van der Waals surface area contributed by atoms with Gasteiger partial charge in [0.2, 0.25) is 11.7 Å². The maximum Gasteiger partial charge on any atom is 0.244 e. The van der Waals surface area contributed by atoms with Crippen LogP contribution in [0.2, 0.25) is 0 Å². The number of nitrogens with one attached hydrogen (secondary N) is 1. The molecule has 0 radical (unpaired) electrons. The molecule has 0 amide bonds. The minimum absolute atomic E-state index is 0. The number of halogens is 3. The monoisotopic (exact) mass is 341 g/mol. The van der Waals surface area contributed by atoms with Crippen LogP contribution >= 0.6 is 12.4 Å². The molecule has 1 saturated carbocycles. The largest absolute Gasteiger partial charge is 0.337 e. The summed E-state index contributed by atoms with van der Waals surface area (Å²) in [4.78, 5) is 4.36. The third kappa shape index (κ3) is 3.10. The molecule has 1 aromatic carbocycles. The number of benzene rings is 1. The lowest BCUT2D eigenvalue weighted by Gasteiger charge is -2.24. The molecule has 124 valence electrons. The Bertz CT molecular complexity index is 680. The van der Waals surface area contributed by atoms with E-state index in [1.54, 1.807) is 0 Å². The molecule has 3 unspecified atom stereocenters. The molecule has 1 aromatic heterocycles. The predicted octanol–water partition coefficient (Wildman–Crippen LogP) is 4.03. The number of rotatable bonds is 2. The quantitative estimate of drug-likeness (QED) is 0.896. The zero-order valence-electron chi connectivity index (χ0n) is 12.5. The van der Waals surface area contributed by atoms with Crippen molar-refractivity contribution in [2.24, 2.45) is 5.92 Å². The van der Waals surface area contributed by atoms with Gasteiger partial charge in [0.15, 0.2) is 11.6 Å². The predicted molar refractivity (Wildman–Crippen MR) is 83.1 cm³/mol. The molecule has 1 N–H and O–H groups in total. The molecule has 7 heteroatoms. The van der Waals surface area contributed by atoms with Crippen molar-refractivity contribution >= 4 is 12.4 Å². The van der Waals surface area contributed by atoms with Crippen LogP contribution < -0.4 is 5.32 Å². The Hall–Kier alpha value is -1.53. The minimum atomic E-state index is -0.908. The van der Waals surface area contributed by atoms with Gasteiger partial charge in [-0.25, -0.2) is 8.78 Å². The van der Waals surface area contributed by atoms with Crippen LogP contribution in [0, 0.1) is 17.6 Å². The van der Waals surface area contributed by atoms with Gasteiger partial charge in [0.25, 0.3) is 0 Å². The third-order valence-corrected chi connectivity index (χ3v) is 4.78. The maximum absolute atomic E-state index is 13.3. The summed E-state index contributed by atoms with van der Waals surface area (Å²) in [6, 6.07) is 4.22. The highest BCUT2D eigenvalue weighted by molar-refractivity contribution is 5.85. The summed E-state index contributed by atoms with van der Waals surface area (Å²) in [6.07, 6.45) is 6.01. The van der Waals surface area contributed by atoms with Crippen molar-refractivity contribution in [3.8, 4) is 11.4 Å². The van der Waals surface area contributed by atoms with E-state index in [-0.39, 0.29) is 18.4 Å². The van der Waals surface area contributed by atoms with Crippen LogP contribution in [0.15, 0.2) is 22.7 Å². The van der Waals surface area contributed by atoms with E-state index in [4.69, 9.17) is 4.52 Å². The molecule has 3 atom stereocenters. The van der Waals surface area contributed by atoms with Crippen molar-refractivity contribution in [2.45, 2.75) is 44.2 Å². The van der Waals surface area contributed by atoms with Crippen molar-refractivity contribution in [2.75, 3.05) is 0 Å². The second-order valence-corrected chi connectivity index (χ2v) is 6.19. The van der Waals surface area contributed by atoms with Gasteiger partial charge in [-0.2, -0.15) is 4.98 Å². The molecule has 23 heavy (non-hydrogen) atoms. The summed E-state index contributed by atoms with van der Waals surface area (Å²) < 4.78 is 31.6. The zero-order valence-corrected chi connectivity index (χ0v) is 13.3. The van der Waals surface area contributed by atoms with Gasteiger partial charge >= 0.3 is 0 Å². The van der Waals surface area contributed by atoms with E-state index in [2.05, 4.69) is 15.5 Å². The van der Waals surface area contributed by atoms with Crippen LogP contribution in [0.5, 0.6) is 0 Å². The zero-order chi connectivity index (χ0) is 15.1. The van der Waals surface area contributed by atoms with E-state index < -0.39 is 11.6 Å². The highest BCUT2D eigenvalue weighted by Crippen LogP contribution is 2.38. The van der Waals surface area contributed by atoms with Gasteiger partial charge in [0, 0.05) is 11.6 Å². The van der Waals surface area contributed by atoms with Gasteiger partial charge < -0.3 is 9.84 Å². The van der Waals surface area contributed by atoms with Crippen LogP contribution in [0.3, 0.4) is 0 Å². The highest BCUT2D eigenvalue weighted by atomic mass is 35.5. The topological polar surface area (TPSA) is 51.0 Å². The molecule has 2 aliphatic rings. The van der Waals surface area contributed by atoms with E-state index >= 15 is 0 Å². The first-order chi connectivity index (χ1) is 10.7. The molecule has 0 spiro atoms. The van der Waals surface area contributed by atoms with Crippen molar-refractivity contribution in [3.63, 3.8) is 0 Å². The van der Waals surface area contributed by atoms with Crippen molar-refractivity contribution in [1.29, 1.82) is 0 Å². The number of hydrogen-bond donors (Lipinski definition) is 1. The molecule has 4 nitrogen and oxygen atoms in total. The van der Waals surface area contributed by atoms with Crippen molar-refractivity contribution in [1.82, 2.24) is 15.5 Å². The summed E-state index contributed by atoms with van der Waals surface area (Å²) >= 11 is 0. The Morgan fingerprint density at radius 3 is 2.74 bits per heavy atom. The number of nitrogens with zero attached hydrogens (tertiary/aromatic N) is 2. The maximum atomic E-state index is 13.3. The molecule has 2 aromatic rings. The molecular weight excluding hydrogens is 324 g/mol. The average Bonchev–Trinajstić information content (AvgIpc) is 3.15. The fourth-order valence-corrected chi connectivity index (χ4v) is 3.64. The summed E-state index contributed by atoms with van der Waals surface area (Å²) in [5, 5.41) is 7.47. The smallest absolute Gasteiger partial charge is 0.244 e. The fourth-order valence-electron chi connectivity index (χ4n) is 3.64. The first-order valence-electron chi connectivity index (χ1n) is 7.76. The lowest BCUT2D eigenvalue weighted by atomic mass is 9.85. The lowest BCUT2D eigenvalue weighted by molar-refractivity contribution is 0.324. The lowest BCUT2D eigenvalue weighted by Crippen LogP contribution is -2.30. The number of aromatic nitrogens is 2. The molecule has 4 rings (SSSR count). The Morgan fingerprint density at radius 2 is 1.96 bits per heavy atom. The molecule has 2 fully saturated rings. The van der Waals surface area contributed by atoms with Gasteiger partial charge in [-0.3, -0.25) is 0 Å². The highest BCUT2D eigenvalue weighted by Gasteiger charge is 2.38. The van der Waals surface area contributed by atoms with Gasteiger partial charge in [-0.1, -0.05) is 18.0 Å². The van der Waals surface area contributed by atoms with Crippen LogP contribution in [-0.2, 0) is 0 Å². The first-order valence-corrected chi connectivity index (χ1v) is 7.76. The van der Waals surface area contributed by atoms with E-state index in [0.717, 1.165) is 18.6 Å². The van der Waals surface area contributed by atoms with Crippen LogP contribution in [0.4, 0.5) is 8.78 Å². The van der Waals surface area contributed by atoms with E-state index in [1.807, 2.05) is 0 Å². The van der Waals surface area contributed by atoms with E-state index in [0.29, 0.717) is 29.2 Å². The van der Waals surface area contributed by atoms with E-state index in [1.165, 1.54) is 31.7 Å². The summed E-state index contributed by atoms with van der Waals surface area (Å²) in [7, 11) is 0. The summed E-state index contributed by atoms with van der Waals surface area (Å²) in [6.45, 7) is 0. The second kappa shape index (κ2) is 6.53. The SMILES string of the molecule is Cl.Fc1ccc(-c2noc(C3CC4CCCCC4N3)n2)cc1F. The normalized spacial score (nSPS) is 26.6. The van der Waals surface area contributed by atoms with E-state index in [9.17, 15) is 8.78 Å².